The Balaban J connectivity index is 0.00000264. The number of hydrogen-bond donors (Lipinski definition) is 2. The maximum atomic E-state index is 12.3. The fourth-order valence-corrected chi connectivity index (χ4v) is 2.97. The molecule has 4 nitrogen and oxygen atoms in total. The largest absolute Gasteiger partial charge is 0.497 e. The maximum Gasteiger partial charge on any atom is 0.222 e. The van der Waals surface area contributed by atoms with Crippen molar-refractivity contribution in [2.75, 3.05) is 13.7 Å². The quantitative estimate of drug-likeness (QED) is 0.760. The van der Waals surface area contributed by atoms with Crippen molar-refractivity contribution >= 4 is 18.3 Å². The van der Waals surface area contributed by atoms with Crippen LogP contribution in [0.1, 0.15) is 57.1 Å². The topological polar surface area (TPSA) is 50.4 Å². The highest BCUT2D eigenvalue weighted by Crippen LogP contribution is 2.22. The molecular formula is C18H29ClN2O2. The van der Waals surface area contributed by atoms with E-state index in [9.17, 15) is 4.79 Å². The van der Waals surface area contributed by atoms with E-state index >= 15 is 0 Å². The van der Waals surface area contributed by atoms with Gasteiger partial charge in [-0.2, -0.15) is 0 Å². The van der Waals surface area contributed by atoms with Gasteiger partial charge in [0.05, 0.1) is 13.2 Å². The van der Waals surface area contributed by atoms with Crippen LogP contribution in [0.25, 0.3) is 0 Å². The van der Waals surface area contributed by atoms with Crippen molar-refractivity contribution < 1.29 is 9.53 Å². The van der Waals surface area contributed by atoms with Crippen molar-refractivity contribution in [3.05, 3.63) is 29.8 Å². The first-order valence-corrected chi connectivity index (χ1v) is 8.39. The number of nitrogens with one attached hydrogen (secondary N) is 2. The average Bonchev–Trinajstić information content (AvgIpc) is 3.04. The molecule has 1 aromatic rings. The van der Waals surface area contributed by atoms with E-state index in [1.165, 1.54) is 6.42 Å². The Kier molecular flexibility index (Phi) is 9.03. The van der Waals surface area contributed by atoms with Crippen molar-refractivity contribution in [3.63, 3.8) is 0 Å². The van der Waals surface area contributed by atoms with Gasteiger partial charge in [0.25, 0.3) is 0 Å². The Morgan fingerprint density at radius 1 is 1.39 bits per heavy atom. The van der Waals surface area contributed by atoms with E-state index < -0.39 is 0 Å². The summed E-state index contributed by atoms with van der Waals surface area (Å²) in [5, 5.41) is 6.59. The summed E-state index contributed by atoms with van der Waals surface area (Å²) in [7, 11) is 1.67. The van der Waals surface area contributed by atoms with E-state index in [0.29, 0.717) is 12.5 Å². The van der Waals surface area contributed by atoms with Gasteiger partial charge < -0.3 is 15.4 Å². The summed E-state index contributed by atoms with van der Waals surface area (Å²) in [4.78, 5) is 12.3. The fourth-order valence-electron chi connectivity index (χ4n) is 2.97. The number of unbranched alkanes of at least 4 members (excludes halogenated alkanes) is 1. The second kappa shape index (κ2) is 10.5. The van der Waals surface area contributed by atoms with Crippen molar-refractivity contribution in [2.45, 2.75) is 57.5 Å². The lowest BCUT2D eigenvalue weighted by Gasteiger charge is -2.20. The van der Waals surface area contributed by atoms with E-state index in [1.54, 1.807) is 7.11 Å². The van der Waals surface area contributed by atoms with Crippen LogP contribution in [-0.2, 0) is 4.79 Å². The van der Waals surface area contributed by atoms with Gasteiger partial charge in [0.2, 0.25) is 5.91 Å². The van der Waals surface area contributed by atoms with Crippen LogP contribution in [0.2, 0.25) is 0 Å². The van der Waals surface area contributed by atoms with Crippen LogP contribution in [0.15, 0.2) is 24.3 Å². The summed E-state index contributed by atoms with van der Waals surface area (Å²) in [5.41, 5.74) is 1.15. The molecule has 5 heteroatoms. The van der Waals surface area contributed by atoms with Gasteiger partial charge in [-0.3, -0.25) is 4.79 Å². The normalized spacial score (nSPS) is 18.1. The highest BCUT2D eigenvalue weighted by atomic mass is 35.5. The zero-order valence-electron chi connectivity index (χ0n) is 14.1. The average molecular weight is 341 g/mol. The molecule has 2 atom stereocenters. The lowest BCUT2D eigenvalue weighted by atomic mass is 10.0. The van der Waals surface area contributed by atoms with Crippen molar-refractivity contribution in [3.8, 4) is 5.75 Å². The molecule has 2 N–H and O–H groups in total. The van der Waals surface area contributed by atoms with Gasteiger partial charge in [-0.1, -0.05) is 31.9 Å². The fraction of sp³-hybridized carbons (Fsp3) is 0.611. The molecule has 130 valence electrons. The summed E-state index contributed by atoms with van der Waals surface area (Å²) in [5.74, 6) is 0.996. The van der Waals surface area contributed by atoms with Gasteiger partial charge >= 0.3 is 0 Å². The van der Waals surface area contributed by atoms with Crippen molar-refractivity contribution in [2.24, 2.45) is 0 Å². The molecule has 23 heavy (non-hydrogen) atoms. The standard InChI is InChI=1S/C18H28N2O2.ClH/c1-3-4-7-17(14-8-10-16(22-2)11-9-14)20-18(21)13-15-6-5-12-19-15;/h8-11,15,17,19H,3-7,12-13H2,1-2H3,(H,20,21);1H. The SMILES string of the molecule is CCCCC(NC(=O)CC1CCCN1)c1ccc(OC)cc1.Cl. The second-order valence-electron chi connectivity index (χ2n) is 6.03. The first-order chi connectivity index (χ1) is 10.7. The van der Waals surface area contributed by atoms with Crippen LogP contribution in [0.4, 0.5) is 0 Å². The third-order valence-corrected chi connectivity index (χ3v) is 4.29. The maximum absolute atomic E-state index is 12.3. The van der Waals surface area contributed by atoms with Gasteiger partial charge in [-0.15, -0.1) is 12.4 Å². The van der Waals surface area contributed by atoms with E-state index in [4.69, 9.17) is 4.74 Å². The number of ether oxygens (including phenoxy) is 1. The summed E-state index contributed by atoms with van der Waals surface area (Å²) in [6.07, 6.45) is 6.09. The van der Waals surface area contributed by atoms with Gasteiger partial charge in [-0.05, 0) is 43.5 Å². The van der Waals surface area contributed by atoms with Crippen molar-refractivity contribution in [1.82, 2.24) is 10.6 Å². The highest BCUT2D eigenvalue weighted by molar-refractivity contribution is 5.85. The second-order valence-corrected chi connectivity index (χ2v) is 6.03. The van der Waals surface area contributed by atoms with Gasteiger partial charge in [0, 0.05) is 12.5 Å². The molecule has 1 fully saturated rings. The molecule has 1 aliphatic rings. The molecule has 2 rings (SSSR count). The summed E-state index contributed by atoms with van der Waals surface area (Å²) < 4.78 is 5.20. The summed E-state index contributed by atoms with van der Waals surface area (Å²) in [6.45, 7) is 3.21. The molecule has 0 spiro atoms. The molecule has 1 aromatic carbocycles. The van der Waals surface area contributed by atoms with Crippen LogP contribution in [0.5, 0.6) is 5.75 Å². The zero-order valence-corrected chi connectivity index (χ0v) is 15.0. The Morgan fingerprint density at radius 2 is 2.13 bits per heavy atom. The lowest BCUT2D eigenvalue weighted by molar-refractivity contribution is -0.122. The lowest BCUT2D eigenvalue weighted by Crippen LogP contribution is -2.34. The van der Waals surface area contributed by atoms with Crippen LogP contribution < -0.4 is 15.4 Å². The highest BCUT2D eigenvalue weighted by Gasteiger charge is 2.20. The Hall–Kier alpha value is -1.26. The van der Waals surface area contributed by atoms with E-state index in [0.717, 1.165) is 43.5 Å². The van der Waals surface area contributed by atoms with Crippen LogP contribution in [0, 0.1) is 0 Å². The summed E-state index contributed by atoms with van der Waals surface area (Å²) in [6, 6.07) is 8.46. The van der Waals surface area contributed by atoms with Crippen molar-refractivity contribution in [1.29, 1.82) is 0 Å². The molecule has 0 radical (unpaired) electrons. The molecule has 0 aromatic heterocycles. The molecule has 0 aliphatic carbocycles. The number of carbonyl (C=O) groups excluding carboxylic acids is 1. The number of methoxy groups -OCH3 is 1. The van der Waals surface area contributed by atoms with E-state index in [1.807, 2.05) is 24.3 Å². The Bertz CT molecular complexity index is 459. The number of halogens is 1. The molecule has 1 amide bonds. The van der Waals surface area contributed by atoms with Crippen LogP contribution >= 0.6 is 12.4 Å². The Morgan fingerprint density at radius 3 is 2.70 bits per heavy atom. The Labute approximate surface area is 145 Å². The minimum atomic E-state index is 0. The number of carbonyl (C=O) groups is 1. The number of rotatable bonds is 8. The smallest absolute Gasteiger partial charge is 0.222 e. The number of amides is 1. The molecule has 0 saturated carbocycles. The third kappa shape index (κ3) is 6.40. The number of hydrogen-bond acceptors (Lipinski definition) is 3. The van der Waals surface area contributed by atoms with E-state index in [2.05, 4.69) is 17.6 Å². The molecule has 1 saturated heterocycles. The van der Waals surface area contributed by atoms with Crippen LogP contribution in [-0.4, -0.2) is 25.6 Å². The molecule has 2 unspecified atom stereocenters. The predicted octanol–water partition coefficient (Wildman–Crippen LogP) is 3.61. The number of benzene rings is 1. The minimum absolute atomic E-state index is 0. The van der Waals surface area contributed by atoms with Gasteiger partial charge in [0.1, 0.15) is 5.75 Å². The third-order valence-electron chi connectivity index (χ3n) is 4.29. The first kappa shape index (κ1) is 19.8. The zero-order chi connectivity index (χ0) is 15.8. The predicted molar refractivity (Wildman–Crippen MR) is 96.3 cm³/mol. The molecule has 1 heterocycles. The van der Waals surface area contributed by atoms with Gasteiger partial charge in [0.15, 0.2) is 0 Å². The molecular weight excluding hydrogens is 312 g/mol. The van der Waals surface area contributed by atoms with Crippen LogP contribution in [0.3, 0.4) is 0 Å². The monoisotopic (exact) mass is 340 g/mol. The minimum Gasteiger partial charge on any atom is -0.497 e. The summed E-state index contributed by atoms with van der Waals surface area (Å²) >= 11 is 0. The van der Waals surface area contributed by atoms with Gasteiger partial charge in [-0.25, -0.2) is 0 Å². The van der Waals surface area contributed by atoms with E-state index in [-0.39, 0.29) is 24.4 Å². The first-order valence-electron chi connectivity index (χ1n) is 8.39. The molecule has 1 aliphatic heterocycles. The molecule has 0 bridgehead atoms.